The van der Waals surface area contributed by atoms with Gasteiger partial charge in [-0.15, -0.1) is 0 Å². The van der Waals surface area contributed by atoms with E-state index in [1.807, 2.05) is 0 Å². The zero-order chi connectivity index (χ0) is 20.1. The summed E-state index contributed by atoms with van der Waals surface area (Å²) < 4.78 is 18.7. The number of oxazole rings is 1. The number of halogens is 1. The van der Waals surface area contributed by atoms with E-state index in [4.69, 9.17) is 4.42 Å². The van der Waals surface area contributed by atoms with E-state index in [-0.39, 0.29) is 24.8 Å². The number of hydrogen-bond donors (Lipinski definition) is 1. The molecule has 7 heteroatoms. The van der Waals surface area contributed by atoms with Crippen LogP contribution in [0.2, 0.25) is 0 Å². The fraction of sp³-hybridized carbons (Fsp3) is 0.476. The molecule has 1 N–H and O–H groups in total. The van der Waals surface area contributed by atoms with E-state index in [9.17, 15) is 14.0 Å². The van der Waals surface area contributed by atoms with Gasteiger partial charge in [-0.25, -0.2) is 9.37 Å². The van der Waals surface area contributed by atoms with Crippen LogP contribution in [0, 0.1) is 11.7 Å². The molecule has 2 aromatic rings. The smallest absolute Gasteiger partial charge is 0.251 e. The van der Waals surface area contributed by atoms with Crippen molar-refractivity contribution in [3.8, 4) is 0 Å². The predicted molar refractivity (Wildman–Crippen MR) is 102 cm³/mol. The van der Waals surface area contributed by atoms with E-state index in [1.54, 1.807) is 4.90 Å². The lowest BCUT2D eigenvalue weighted by Crippen LogP contribution is -2.38. The van der Waals surface area contributed by atoms with Crippen molar-refractivity contribution in [2.75, 3.05) is 13.1 Å². The maximum absolute atomic E-state index is 12.9. The molecule has 0 atom stereocenters. The topological polar surface area (TPSA) is 75.4 Å². The molecule has 3 rings (SSSR count). The van der Waals surface area contributed by atoms with Crippen LogP contribution in [-0.4, -0.2) is 34.8 Å². The fourth-order valence-corrected chi connectivity index (χ4v) is 3.13. The summed E-state index contributed by atoms with van der Waals surface area (Å²) in [4.78, 5) is 30.8. The Morgan fingerprint density at radius 1 is 1.29 bits per heavy atom. The molecule has 6 nitrogen and oxygen atoms in total. The van der Waals surface area contributed by atoms with Gasteiger partial charge in [0.1, 0.15) is 17.3 Å². The van der Waals surface area contributed by atoms with E-state index in [2.05, 4.69) is 24.1 Å². The molecule has 1 aliphatic heterocycles. The minimum atomic E-state index is -0.392. The van der Waals surface area contributed by atoms with Crippen LogP contribution in [0.3, 0.4) is 0 Å². The second-order valence-electron chi connectivity index (χ2n) is 7.49. The first-order chi connectivity index (χ1) is 13.4. The summed E-state index contributed by atoms with van der Waals surface area (Å²) in [7, 11) is 0. The van der Waals surface area contributed by atoms with Gasteiger partial charge in [0.25, 0.3) is 5.91 Å². The van der Waals surface area contributed by atoms with E-state index >= 15 is 0 Å². The molecule has 0 spiro atoms. The molecular weight excluding hydrogens is 361 g/mol. The molecule has 0 aliphatic carbocycles. The van der Waals surface area contributed by atoms with Gasteiger partial charge in [-0.1, -0.05) is 13.8 Å². The lowest BCUT2D eigenvalue weighted by molar-refractivity contribution is -0.132. The molecule has 0 saturated heterocycles. The number of benzene rings is 1. The maximum Gasteiger partial charge on any atom is 0.251 e. The number of amides is 2. The number of carbonyl (C=O) groups is 2. The first-order valence-corrected chi connectivity index (χ1v) is 9.71. The highest BCUT2D eigenvalue weighted by atomic mass is 19.1. The number of nitrogens with one attached hydrogen (secondary N) is 1. The Balaban J connectivity index is 1.46. The Morgan fingerprint density at radius 2 is 2.04 bits per heavy atom. The summed E-state index contributed by atoms with van der Waals surface area (Å²) in [5, 5.41) is 2.70. The van der Waals surface area contributed by atoms with Crippen LogP contribution < -0.4 is 5.32 Å². The zero-order valence-corrected chi connectivity index (χ0v) is 16.3. The van der Waals surface area contributed by atoms with Gasteiger partial charge < -0.3 is 14.6 Å². The van der Waals surface area contributed by atoms with Crippen LogP contribution >= 0.6 is 0 Å². The third-order valence-corrected chi connectivity index (χ3v) is 4.79. The van der Waals surface area contributed by atoms with Gasteiger partial charge in [-0.2, -0.15) is 0 Å². The fourth-order valence-electron chi connectivity index (χ4n) is 3.13. The van der Waals surface area contributed by atoms with Crippen molar-refractivity contribution in [1.29, 1.82) is 0 Å². The Labute approximate surface area is 164 Å². The molecule has 28 heavy (non-hydrogen) atoms. The molecule has 1 aromatic heterocycles. The average Bonchev–Trinajstić information content (AvgIpc) is 3.08. The first kappa shape index (κ1) is 20.0. The Morgan fingerprint density at radius 3 is 2.75 bits per heavy atom. The number of rotatable bonds is 7. The van der Waals surface area contributed by atoms with E-state index in [0.717, 1.165) is 30.2 Å². The van der Waals surface area contributed by atoms with Crippen molar-refractivity contribution in [2.45, 2.75) is 46.1 Å². The molecule has 0 bridgehead atoms. The summed E-state index contributed by atoms with van der Waals surface area (Å²) in [6, 6.07) is 5.30. The SMILES string of the molecule is CC(C)CCc1nc2c(o1)CCN(C(=O)CCNC(=O)c1ccc(F)cc1)C2. The summed E-state index contributed by atoms with van der Waals surface area (Å²) in [5.74, 6) is 1.48. The van der Waals surface area contributed by atoms with Crippen molar-refractivity contribution >= 4 is 11.8 Å². The van der Waals surface area contributed by atoms with Crippen LogP contribution in [0.15, 0.2) is 28.7 Å². The second-order valence-corrected chi connectivity index (χ2v) is 7.49. The molecule has 0 unspecified atom stereocenters. The molecule has 0 saturated carbocycles. The Kier molecular flexibility index (Phi) is 6.44. The summed E-state index contributed by atoms with van der Waals surface area (Å²) in [5.41, 5.74) is 1.21. The normalized spacial score (nSPS) is 13.5. The van der Waals surface area contributed by atoms with Gasteiger partial charge in [-0.3, -0.25) is 9.59 Å². The van der Waals surface area contributed by atoms with Crippen LogP contribution in [0.1, 0.15) is 54.4 Å². The number of fused-ring (bicyclic) bond motifs is 1. The summed E-state index contributed by atoms with van der Waals surface area (Å²) in [6.45, 7) is 5.61. The highest BCUT2D eigenvalue weighted by Gasteiger charge is 2.25. The van der Waals surface area contributed by atoms with Crippen LogP contribution in [0.25, 0.3) is 0 Å². The van der Waals surface area contributed by atoms with Gasteiger partial charge in [0, 0.05) is 37.9 Å². The summed E-state index contributed by atoms with van der Waals surface area (Å²) in [6.07, 6.45) is 2.71. The quantitative estimate of drug-likeness (QED) is 0.792. The monoisotopic (exact) mass is 387 g/mol. The lowest BCUT2D eigenvalue weighted by atomic mass is 10.1. The van der Waals surface area contributed by atoms with Crippen molar-refractivity contribution in [3.63, 3.8) is 0 Å². The standard InChI is InChI=1S/C21H26FN3O3/c1-14(2)3-8-19-24-17-13-25(12-10-18(17)28-19)20(26)9-11-23-21(27)15-4-6-16(22)7-5-15/h4-7,14H,3,8-13H2,1-2H3,(H,23,27). The van der Waals surface area contributed by atoms with Gasteiger partial charge in [0.15, 0.2) is 5.89 Å². The van der Waals surface area contributed by atoms with Gasteiger partial charge in [0.05, 0.1) is 6.54 Å². The van der Waals surface area contributed by atoms with E-state index in [0.29, 0.717) is 31.0 Å². The van der Waals surface area contributed by atoms with Gasteiger partial charge in [-0.05, 0) is 36.6 Å². The Hall–Kier alpha value is -2.70. The molecule has 0 fully saturated rings. The minimum Gasteiger partial charge on any atom is -0.445 e. The number of aryl methyl sites for hydroxylation is 1. The van der Waals surface area contributed by atoms with Crippen LogP contribution in [0.4, 0.5) is 4.39 Å². The van der Waals surface area contributed by atoms with Crippen LogP contribution in [0.5, 0.6) is 0 Å². The molecule has 150 valence electrons. The maximum atomic E-state index is 12.9. The number of aromatic nitrogens is 1. The molecule has 0 radical (unpaired) electrons. The largest absolute Gasteiger partial charge is 0.445 e. The minimum absolute atomic E-state index is 0.0308. The zero-order valence-electron chi connectivity index (χ0n) is 16.3. The third kappa shape index (κ3) is 5.18. The predicted octanol–water partition coefficient (Wildman–Crippen LogP) is 3.11. The molecule has 1 aromatic carbocycles. The van der Waals surface area contributed by atoms with Crippen molar-refractivity contribution in [2.24, 2.45) is 5.92 Å². The highest BCUT2D eigenvalue weighted by molar-refractivity contribution is 5.94. The van der Waals surface area contributed by atoms with E-state index in [1.165, 1.54) is 24.3 Å². The average molecular weight is 387 g/mol. The third-order valence-electron chi connectivity index (χ3n) is 4.79. The van der Waals surface area contributed by atoms with Crippen LogP contribution in [-0.2, 0) is 24.2 Å². The molecule has 2 amide bonds. The summed E-state index contributed by atoms with van der Waals surface area (Å²) >= 11 is 0. The van der Waals surface area contributed by atoms with Crippen molar-refractivity contribution in [3.05, 3.63) is 53.0 Å². The van der Waals surface area contributed by atoms with Crippen molar-refractivity contribution in [1.82, 2.24) is 15.2 Å². The van der Waals surface area contributed by atoms with Gasteiger partial charge >= 0.3 is 0 Å². The van der Waals surface area contributed by atoms with E-state index < -0.39 is 5.82 Å². The molecule has 2 heterocycles. The highest BCUT2D eigenvalue weighted by Crippen LogP contribution is 2.21. The van der Waals surface area contributed by atoms with Gasteiger partial charge in [0.2, 0.25) is 5.91 Å². The second kappa shape index (κ2) is 8.99. The van der Waals surface area contributed by atoms with Crippen molar-refractivity contribution < 1.29 is 18.4 Å². The molecule has 1 aliphatic rings. The Bertz CT molecular complexity index is 830. The number of carbonyl (C=O) groups excluding carboxylic acids is 2. The molecular formula is C21H26FN3O3. The lowest BCUT2D eigenvalue weighted by Gasteiger charge is -2.25. The number of nitrogens with zero attached hydrogens (tertiary/aromatic N) is 2. The number of hydrogen-bond acceptors (Lipinski definition) is 4. The first-order valence-electron chi connectivity index (χ1n) is 9.71.